The largest absolute Gasteiger partial charge is 0.338 e. The molecule has 2 unspecified atom stereocenters. The number of aryl methyl sites for hydroxylation is 1. The molecule has 1 aliphatic rings. The average Bonchev–Trinajstić information content (AvgIpc) is 2.41. The van der Waals surface area contributed by atoms with Gasteiger partial charge in [0.1, 0.15) is 5.82 Å². The minimum atomic E-state index is -0.268. The van der Waals surface area contributed by atoms with Gasteiger partial charge in [0.15, 0.2) is 0 Å². The Labute approximate surface area is 122 Å². The minimum absolute atomic E-state index is 0.0283. The van der Waals surface area contributed by atoms with Gasteiger partial charge in [0.25, 0.3) is 5.91 Å². The highest BCUT2D eigenvalue weighted by Crippen LogP contribution is 2.28. The summed E-state index contributed by atoms with van der Waals surface area (Å²) < 4.78 is 13.2. The number of carbonyl (C=O) groups excluding carboxylic acids is 1. The van der Waals surface area contributed by atoms with E-state index in [1.165, 1.54) is 12.5 Å². The van der Waals surface area contributed by atoms with Crippen molar-refractivity contribution in [1.82, 2.24) is 4.90 Å². The number of halogens is 2. The van der Waals surface area contributed by atoms with E-state index in [4.69, 9.17) is 0 Å². The fraction of sp³-hybridized carbons (Fsp3) is 0.533. The lowest BCUT2D eigenvalue weighted by Crippen LogP contribution is -2.44. The van der Waals surface area contributed by atoms with Crippen LogP contribution in [0.15, 0.2) is 18.2 Å². The van der Waals surface area contributed by atoms with Crippen LogP contribution in [-0.2, 0) is 0 Å². The molecule has 4 heteroatoms. The zero-order chi connectivity index (χ0) is 14.0. The third kappa shape index (κ3) is 3.16. The van der Waals surface area contributed by atoms with Crippen LogP contribution >= 0.6 is 15.9 Å². The van der Waals surface area contributed by atoms with E-state index >= 15 is 0 Å². The summed E-state index contributed by atoms with van der Waals surface area (Å²) in [5.41, 5.74) is 1.07. The van der Waals surface area contributed by atoms with E-state index in [9.17, 15) is 9.18 Å². The molecule has 1 aromatic carbocycles. The zero-order valence-corrected chi connectivity index (χ0v) is 12.9. The van der Waals surface area contributed by atoms with E-state index < -0.39 is 0 Å². The van der Waals surface area contributed by atoms with Crippen LogP contribution in [0.4, 0.5) is 4.39 Å². The molecule has 1 aromatic rings. The third-order valence-electron chi connectivity index (χ3n) is 3.87. The second-order valence-corrected chi connectivity index (χ2v) is 6.42. The Morgan fingerprint density at radius 1 is 1.37 bits per heavy atom. The van der Waals surface area contributed by atoms with Gasteiger partial charge in [-0.3, -0.25) is 4.79 Å². The van der Waals surface area contributed by atoms with E-state index in [1.54, 1.807) is 24.0 Å². The number of hydrogen-bond acceptors (Lipinski definition) is 1. The van der Waals surface area contributed by atoms with Crippen LogP contribution in [0.3, 0.4) is 0 Å². The lowest BCUT2D eigenvalue weighted by molar-refractivity contribution is 0.0704. The molecular weight excluding hydrogens is 309 g/mol. The minimum Gasteiger partial charge on any atom is -0.338 e. The summed E-state index contributed by atoms with van der Waals surface area (Å²) in [5.74, 6) is -0.297. The monoisotopic (exact) mass is 327 g/mol. The molecule has 0 bridgehead atoms. The Bertz CT molecular complexity index is 477. The molecule has 0 radical (unpaired) electrons. The predicted molar refractivity (Wildman–Crippen MR) is 78.2 cm³/mol. The molecule has 0 aromatic heterocycles. The number of benzene rings is 1. The summed E-state index contributed by atoms with van der Waals surface area (Å²) in [5, 5.41) is 0. The summed E-state index contributed by atoms with van der Waals surface area (Å²) in [6.45, 7) is 1.68. The number of rotatable bonds is 2. The maximum atomic E-state index is 13.2. The van der Waals surface area contributed by atoms with Crippen LogP contribution in [0, 0.1) is 12.7 Å². The van der Waals surface area contributed by atoms with E-state index in [0.29, 0.717) is 16.0 Å². The first-order valence-corrected chi connectivity index (χ1v) is 7.59. The fourth-order valence-corrected chi connectivity index (χ4v) is 3.58. The molecule has 1 saturated carbocycles. The van der Waals surface area contributed by atoms with Gasteiger partial charge in [-0.25, -0.2) is 4.39 Å². The van der Waals surface area contributed by atoms with Crippen molar-refractivity contribution >= 4 is 21.8 Å². The van der Waals surface area contributed by atoms with Gasteiger partial charge in [0, 0.05) is 23.5 Å². The molecule has 104 valence electrons. The van der Waals surface area contributed by atoms with E-state index in [2.05, 4.69) is 15.9 Å². The molecule has 1 fully saturated rings. The maximum absolute atomic E-state index is 13.2. The molecule has 0 aliphatic heterocycles. The summed E-state index contributed by atoms with van der Waals surface area (Å²) in [6, 6.07) is 4.78. The maximum Gasteiger partial charge on any atom is 0.253 e. The van der Waals surface area contributed by atoms with E-state index in [1.807, 2.05) is 7.05 Å². The zero-order valence-electron chi connectivity index (χ0n) is 11.3. The first-order chi connectivity index (χ1) is 9.00. The van der Waals surface area contributed by atoms with Crippen LogP contribution in [0.5, 0.6) is 0 Å². The van der Waals surface area contributed by atoms with Crippen molar-refractivity contribution in [2.45, 2.75) is 43.5 Å². The predicted octanol–water partition coefficient (Wildman–Crippen LogP) is 3.91. The molecule has 1 aliphatic carbocycles. The second-order valence-electron chi connectivity index (χ2n) is 5.25. The van der Waals surface area contributed by atoms with Gasteiger partial charge in [-0.15, -0.1) is 0 Å². The Hall–Kier alpha value is -0.900. The van der Waals surface area contributed by atoms with Crippen molar-refractivity contribution in [3.63, 3.8) is 0 Å². The SMILES string of the molecule is Cc1cc(C(=O)N(C)C2CCCCC2Br)ccc1F. The van der Waals surface area contributed by atoms with Gasteiger partial charge >= 0.3 is 0 Å². The van der Waals surface area contributed by atoms with Crippen molar-refractivity contribution in [3.05, 3.63) is 35.1 Å². The Kier molecular flexibility index (Phi) is 4.61. The van der Waals surface area contributed by atoms with Crippen molar-refractivity contribution < 1.29 is 9.18 Å². The molecule has 0 N–H and O–H groups in total. The molecule has 1 amide bonds. The van der Waals surface area contributed by atoms with Crippen LogP contribution < -0.4 is 0 Å². The quantitative estimate of drug-likeness (QED) is 0.754. The Morgan fingerprint density at radius 3 is 2.68 bits per heavy atom. The second kappa shape index (κ2) is 6.04. The topological polar surface area (TPSA) is 20.3 Å². The number of nitrogens with zero attached hydrogens (tertiary/aromatic N) is 1. The normalized spacial score (nSPS) is 23.2. The first-order valence-electron chi connectivity index (χ1n) is 6.68. The molecule has 0 heterocycles. The average molecular weight is 328 g/mol. The highest BCUT2D eigenvalue weighted by molar-refractivity contribution is 9.09. The molecule has 19 heavy (non-hydrogen) atoms. The smallest absolute Gasteiger partial charge is 0.253 e. The van der Waals surface area contributed by atoms with E-state index in [0.717, 1.165) is 19.3 Å². The van der Waals surface area contributed by atoms with E-state index in [-0.39, 0.29) is 17.8 Å². The highest BCUT2D eigenvalue weighted by Gasteiger charge is 2.29. The van der Waals surface area contributed by atoms with Crippen LogP contribution in [0.1, 0.15) is 41.6 Å². The van der Waals surface area contributed by atoms with Crippen molar-refractivity contribution in [1.29, 1.82) is 0 Å². The number of carbonyl (C=O) groups is 1. The van der Waals surface area contributed by atoms with Gasteiger partial charge in [-0.1, -0.05) is 28.8 Å². The third-order valence-corrected chi connectivity index (χ3v) is 4.94. The summed E-state index contributed by atoms with van der Waals surface area (Å²) in [4.78, 5) is 14.6. The lowest BCUT2D eigenvalue weighted by atomic mass is 9.94. The Morgan fingerprint density at radius 2 is 2.05 bits per heavy atom. The number of amides is 1. The fourth-order valence-electron chi connectivity index (χ4n) is 2.63. The summed E-state index contributed by atoms with van der Waals surface area (Å²) >= 11 is 3.67. The van der Waals surface area contributed by atoms with Gasteiger partial charge < -0.3 is 4.90 Å². The van der Waals surface area contributed by atoms with Gasteiger partial charge in [0.05, 0.1) is 0 Å². The lowest BCUT2D eigenvalue weighted by Gasteiger charge is -2.35. The van der Waals surface area contributed by atoms with Crippen LogP contribution in [-0.4, -0.2) is 28.7 Å². The number of hydrogen-bond donors (Lipinski definition) is 0. The van der Waals surface area contributed by atoms with Crippen molar-refractivity contribution in [2.24, 2.45) is 0 Å². The van der Waals surface area contributed by atoms with Gasteiger partial charge in [0.2, 0.25) is 0 Å². The summed E-state index contributed by atoms with van der Waals surface area (Å²) in [7, 11) is 1.84. The first kappa shape index (κ1) is 14.5. The standard InChI is InChI=1S/C15H19BrFNO/c1-10-9-11(7-8-13(10)17)15(19)18(2)14-6-4-3-5-12(14)16/h7-9,12,14H,3-6H2,1-2H3. The molecule has 2 nitrogen and oxygen atoms in total. The molecule has 2 atom stereocenters. The molecular formula is C15H19BrFNO. The van der Waals surface area contributed by atoms with Gasteiger partial charge in [-0.05, 0) is 43.5 Å². The Balaban J connectivity index is 2.15. The van der Waals surface area contributed by atoms with Crippen LogP contribution in [0.25, 0.3) is 0 Å². The van der Waals surface area contributed by atoms with Crippen LogP contribution in [0.2, 0.25) is 0 Å². The molecule has 2 rings (SSSR count). The molecule has 0 saturated heterocycles. The highest BCUT2D eigenvalue weighted by atomic mass is 79.9. The van der Waals surface area contributed by atoms with Gasteiger partial charge in [-0.2, -0.15) is 0 Å². The number of alkyl halides is 1. The van der Waals surface area contributed by atoms with Crippen molar-refractivity contribution in [3.8, 4) is 0 Å². The van der Waals surface area contributed by atoms with Crippen molar-refractivity contribution in [2.75, 3.05) is 7.05 Å². The summed E-state index contributed by atoms with van der Waals surface area (Å²) in [6.07, 6.45) is 4.50. The molecule has 0 spiro atoms.